The van der Waals surface area contributed by atoms with Gasteiger partial charge in [0.25, 0.3) is 0 Å². The number of halogens is 2. The molecular formula is C16H16F2O2. The van der Waals surface area contributed by atoms with E-state index >= 15 is 0 Å². The van der Waals surface area contributed by atoms with Gasteiger partial charge in [0.15, 0.2) is 0 Å². The molecule has 0 radical (unpaired) electrons. The predicted octanol–water partition coefficient (Wildman–Crippen LogP) is 3.42. The van der Waals surface area contributed by atoms with Crippen molar-refractivity contribution in [3.8, 4) is 5.75 Å². The molecule has 106 valence electrons. The molecule has 1 atom stereocenters. The Labute approximate surface area is 116 Å². The first kappa shape index (κ1) is 14.5. The van der Waals surface area contributed by atoms with Crippen molar-refractivity contribution in [2.45, 2.75) is 18.9 Å². The van der Waals surface area contributed by atoms with Crippen molar-refractivity contribution >= 4 is 0 Å². The topological polar surface area (TPSA) is 29.5 Å². The first-order valence-electron chi connectivity index (χ1n) is 6.22. The van der Waals surface area contributed by atoms with Crippen molar-refractivity contribution in [2.24, 2.45) is 0 Å². The quantitative estimate of drug-likeness (QED) is 0.928. The Morgan fingerprint density at radius 3 is 2.35 bits per heavy atom. The van der Waals surface area contributed by atoms with E-state index in [1.165, 1.54) is 19.2 Å². The number of benzene rings is 2. The van der Waals surface area contributed by atoms with Crippen molar-refractivity contribution in [1.29, 1.82) is 0 Å². The van der Waals surface area contributed by atoms with Crippen molar-refractivity contribution in [2.75, 3.05) is 7.11 Å². The van der Waals surface area contributed by atoms with Gasteiger partial charge in [-0.25, -0.2) is 8.78 Å². The Balaban J connectivity index is 2.29. The number of hydrogen-bond donors (Lipinski definition) is 1. The number of aliphatic hydroxyl groups is 1. The summed E-state index contributed by atoms with van der Waals surface area (Å²) in [4.78, 5) is 0. The van der Waals surface area contributed by atoms with E-state index in [1.807, 2.05) is 0 Å². The van der Waals surface area contributed by atoms with Gasteiger partial charge in [-0.2, -0.15) is 0 Å². The monoisotopic (exact) mass is 278 g/mol. The number of hydrogen-bond acceptors (Lipinski definition) is 2. The van der Waals surface area contributed by atoms with E-state index in [0.29, 0.717) is 16.9 Å². The molecule has 0 aliphatic carbocycles. The first-order chi connectivity index (χ1) is 9.40. The molecule has 20 heavy (non-hydrogen) atoms. The van der Waals surface area contributed by atoms with Gasteiger partial charge in [0, 0.05) is 12.5 Å². The highest BCUT2D eigenvalue weighted by Crippen LogP contribution is 2.28. The average Bonchev–Trinajstić information content (AvgIpc) is 2.37. The first-order valence-corrected chi connectivity index (χ1v) is 6.22. The van der Waals surface area contributed by atoms with E-state index in [0.717, 1.165) is 6.07 Å². The Hall–Kier alpha value is -1.94. The molecule has 1 N–H and O–H groups in total. The summed E-state index contributed by atoms with van der Waals surface area (Å²) in [5, 5.41) is 10.5. The van der Waals surface area contributed by atoms with Gasteiger partial charge in [0.2, 0.25) is 0 Å². The van der Waals surface area contributed by atoms with E-state index in [2.05, 4.69) is 0 Å². The Morgan fingerprint density at radius 1 is 1.10 bits per heavy atom. The second-order valence-electron chi connectivity index (χ2n) is 4.96. The Morgan fingerprint density at radius 2 is 1.75 bits per heavy atom. The number of rotatable bonds is 4. The van der Waals surface area contributed by atoms with E-state index < -0.39 is 17.2 Å². The molecule has 4 heteroatoms. The van der Waals surface area contributed by atoms with Crippen LogP contribution >= 0.6 is 0 Å². The van der Waals surface area contributed by atoms with Gasteiger partial charge in [-0.3, -0.25) is 0 Å². The summed E-state index contributed by atoms with van der Waals surface area (Å²) in [6, 6.07) is 10.2. The minimum absolute atomic E-state index is 0.106. The van der Waals surface area contributed by atoms with Crippen LogP contribution < -0.4 is 4.74 Å². The molecule has 0 bridgehead atoms. The largest absolute Gasteiger partial charge is 0.497 e. The maximum Gasteiger partial charge on any atom is 0.126 e. The third-order valence-corrected chi connectivity index (χ3v) is 3.16. The SMILES string of the molecule is COc1cccc(C(C)(O)Cc2cc(F)cc(F)c2)c1. The van der Waals surface area contributed by atoms with Crippen LogP contribution in [0.5, 0.6) is 5.75 Å². The van der Waals surface area contributed by atoms with E-state index in [9.17, 15) is 13.9 Å². The highest BCUT2D eigenvalue weighted by molar-refractivity contribution is 5.33. The van der Waals surface area contributed by atoms with Crippen LogP contribution in [0.1, 0.15) is 18.1 Å². The second kappa shape index (κ2) is 5.59. The van der Waals surface area contributed by atoms with Crippen molar-refractivity contribution < 1.29 is 18.6 Å². The molecule has 0 saturated heterocycles. The standard InChI is InChI=1S/C16H16F2O2/c1-16(19,12-4-3-5-15(8-12)20-2)10-11-6-13(17)9-14(18)7-11/h3-9,19H,10H2,1-2H3. The van der Waals surface area contributed by atoms with Gasteiger partial charge in [-0.05, 0) is 42.3 Å². The molecule has 0 amide bonds. The van der Waals surface area contributed by atoms with Gasteiger partial charge < -0.3 is 9.84 Å². The third kappa shape index (κ3) is 3.33. The minimum atomic E-state index is -1.24. The van der Waals surface area contributed by atoms with Crippen LogP contribution in [-0.4, -0.2) is 12.2 Å². The fraction of sp³-hybridized carbons (Fsp3) is 0.250. The minimum Gasteiger partial charge on any atom is -0.497 e. The van der Waals surface area contributed by atoms with Crippen molar-refractivity contribution in [3.63, 3.8) is 0 Å². The van der Waals surface area contributed by atoms with Crippen LogP contribution in [-0.2, 0) is 12.0 Å². The smallest absolute Gasteiger partial charge is 0.126 e. The molecule has 2 aromatic rings. The fourth-order valence-electron chi connectivity index (χ4n) is 2.17. The lowest BCUT2D eigenvalue weighted by Crippen LogP contribution is -2.24. The molecule has 2 rings (SSSR count). The molecule has 0 aliphatic rings. The van der Waals surface area contributed by atoms with Gasteiger partial charge in [-0.15, -0.1) is 0 Å². The Bertz CT molecular complexity index is 589. The zero-order valence-electron chi connectivity index (χ0n) is 11.4. The molecule has 0 aromatic heterocycles. The van der Waals surface area contributed by atoms with E-state index in [-0.39, 0.29) is 6.42 Å². The molecule has 0 saturated carbocycles. The zero-order valence-corrected chi connectivity index (χ0v) is 11.4. The summed E-state index contributed by atoms with van der Waals surface area (Å²) in [6.45, 7) is 1.60. The van der Waals surface area contributed by atoms with Crippen molar-refractivity contribution in [3.05, 3.63) is 65.2 Å². The van der Waals surface area contributed by atoms with Gasteiger partial charge in [0.1, 0.15) is 17.4 Å². The lowest BCUT2D eigenvalue weighted by atomic mass is 9.89. The lowest BCUT2D eigenvalue weighted by Gasteiger charge is -2.24. The summed E-state index contributed by atoms with van der Waals surface area (Å²) in [5.41, 5.74) is -0.216. The van der Waals surface area contributed by atoms with Crippen LogP contribution in [0.3, 0.4) is 0 Å². The second-order valence-corrected chi connectivity index (χ2v) is 4.96. The number of methoxy groups -OCH3 is 1. The van der Waals surface area contributed by atoms with Crippen LogP contribution in [0, 0.1) is 11.6 Å². The molecule has 0 aliphatic heterocycles. The van der Waals surface area contributed by atoms with E-state index in [1.54, 1.807) is 31.2 Å². The summed E-state index contributed by atoms with van der Waals surface area (Å²) >= 11 is 0. The summed E-state index contributed by atoms with van der Waals surface area (Å²) in [7, 11) is 1.54. The van der Waals surface area contributed by atoms with Gasteiger partial charge >= 0.3 is 0 Å². The molecule has 0 fully saturated rings. The Kier molecular flexibility index (Phi) is 4.04. The molecule has 1 unspecified atom stereocenters. The normalized spacial score (nSPS) is 13.8. The summed E-state index contributed by atoms with van der Waals surface area (Å²) in [6.07, 6.45) is 0.106. The van der Waals surface area contributed by atoms with Crippen LogP contribution in [0.15, 0.2) is 42.5 Å². The fourth-order valence-corrected chi connectivity index (χ4v) is 2.17. The van der Waals surface area contributed by atoms with E-state index in [4.69, 9.17) is 4.74 Å². The lowest BCUT2D eigenvalue weighted by molar-refractivity contribution is 0.0572. The maximum absolute atomic E-state index is 13.2. The highest BCUT2D eigenvalue weighted by atomic mass is 19.1. The zero-order chi connectivity index (χ0) is 14.8. The molecular weight excluding hydrogens is 262 g/mol. The van der Waals surface area contributed by atoms with Crippen molar-refractivity contribution in [1.82, 2.24) is 0 Å². The predicted molar refractivity (Wildman–Crippen MR) is 72.6 cm³/mol. The van der Waals surface area contributed by atoms with Gasteiger partial charge in [0.05, 0.1) is 12.7 Å². The van der Waals surface area contributed by atoms with Gasteiger partial charge in [-0.1, -0.05) is 12.1 Å². The van der Waals surface area contributed by atoms with Crippen LogP contribution in [0.25, 0.3) is 0 Å². The molecule has 2 nitrogen and oxygen atoms in total. The molecule has 2 aromatic carbocycles. The van der Waals surface area contributed by atoms with Crippen LogP contribution in [0.4, 0.5) is 8.78 Å². The average molecular weight is 278 g/mol. The van der Waals surface area contributed by atoms with Crippen LogP contribution in [0.2, 0.25) is 0 Å². The summed E-state index contributed by atoms with van der Waals surface area (Å²) in [5.74, 6) is -0.684. The number of ether oxygens (including phenoxy) is 1. The molecule has 0 heterocycles. The molecule has 0 spiro atoms. The highest BCUT2D eigenvalue weighted by Gasteiger charge is 2.24. The maximum atomic E-state index is 13.2. The summed E-state index contributed by atoms with van der Waals surface area (Å²) < 4.78 is 31.5. The third-order valence-electron chi connectivity index (χ3n) is 3.16.